The van der Waals surface area contributed by atoms with Gasteiger partial charge in [-0.3, -0.25) is 4.79 Å². The van der Waals surface area contributed by atoms with E-state index in [9.17, 15) is 4.79 Å². The van der Waals surface area contributed by atoms with Gasteiger partial charge in [0.25, 0.3) is 5.91 Å². The van der Waals surface area contributed by atoms with Crippen LogP contribution in [0.25, 0.3) is 0 Å². The highest BCUT2D eigenvalue weighted by Gasteiger charge is 2.09. The standard InChI is InChI=1S/C13H19IN2O/c1-10(2)16(3)9-8-15-13(17)11-6-4-5-7-12(11)14/h4-7,10H,8-9H2,1-3H3,(H,15,17). The van der Waals surface area contributed by atoms with Crippen LogP contribution in [-0.4, -0.2) is 37.0 Å². The van der Waals surface area contributed by atoms with E-state index in [4.69, 9.17) is 0 Å². The van der Waals surface area contributed by atoms with Gasteiger partial charge in [-0.2, -0.15) is 0 Å². The Labute approximate surface area is 117 Å². The predicted molar refractivity (Wildman–Crippen MR) is 79.3 cm³/mol. The van der Waals surface area contributed by atoms with Crippen molar-refractivity contribution in [1.29, 1.82) is 0 Å². The summed E-state index contributed by atoms with van der Waals surface area (Å²) >= 11 is 2.18. The van der Waals surface area contributed by atoms with Crippen LogP contribution in [0.2, 0.25) is 0 Å². The molecule has 4 heteroatoms. The number of nitrogens with zero attached hydrogens (tertiary/aromatic N) is 1. The minimum Gasteiger partial charge on any atom is -0.351 e. The first-order valence-corrected chi connectivity index (χ1v) is 6.83. The lowest BCUT2D eigenvalue weighted by Crippen LogP contribution is -2.36. The third-order valence-electron chi connectivity index (χ3n) is 2.75. The fourth-order valence-electron chi connectivity index (χ4n) is 1.34. The molecule has 94 valence electrons. The maximum Gasteiger partial charge on any atom is 0.252 e. The maximum atomic E-state index is 11.9. The highest BCUT2D eigenvalue weighted by atomic mass is 127. The quantitative estimate of drug-likeness (QED) is 0.831. The van der Waals surface area contributed by atoms with Gasteiger partial charge in [-0.1, -0.05) is 12.1 Å². The number of likely N-dealkylation sites (N-methyl/N-ethyl adjacent to an activating group) is 1. The van der Waals surface area contributed by atoms with Crippen molar-refractivity contribution in [3.8, 4) is 0 Å². The molecule has 0 atom stereocenters. The Morgan fingerprint density at radius 3 is 2.65 bits per heavy atom. The highest BCUT2D eigenvalue weighted by molar-refractivity contribution is 14.1. The largest absolute Gasteiger partial charge is 0.351 e. The van der Waals surface area contributed by atoms with E-state index in [1.165, 1.54) is 0 Å². The second kappa shape index (κ2) is 6.96. The van der Waals surface area contributed by atoms with Gasteiger partial charge in [-0.05, 0) is 55.6 Å². The van der Waals surface area contributed by atoms with Crippen LogP contribution in [0.4, 0.5) is 0 Å². The average molecular weight is 346 g/mol. The third-order valence-corrected chi connectivity index (χ3v) is 3.69. The summed E-state index contributed by atoms with van der Waals surface area (Å²) in [6.45, 7) is 5.83. The monoisotopic (exact) mass is 346 g/mol. The molecule has 0 spiro atoms. The predicted octanol–water partition coefficient (Wildman–Crippen LogP) is 2.36. The number of hydrogen-bond donors (Lipinski definition) is 1. The smallest absolute Gasteiger partial charge is 0.252 e. The summed E-state index contributed by atoms with van der Waals surface area (Å²) < 4.78 is 0.986. The summed E-state index contributed by atoms with van der Waals surface area (Å²) in [6, 6.07) is 8.12. The Balaban J connectivity index is 2.43. The minimum atomic E-state index is 0.00663. The Bertz CT molecular complexity index is 379. The van der Waals surface area contributed by atoms with Crippen molar-refractivity contribution in [3.05, 3.63) is 33.4 Å². The molecule has 0 fully saturated rings. The number of rotatable bonds is 5. The van der Waals surface area contributed by atoms with Gasteiger partial charge in [0.1, 0.15) is 0 Å². The molecule has 17 heavy (non-hydrogen) atoms. The number of nitrogens with one attached hydrogen (secondary N) is 1. The van der Waals surface area contributed by atoms with Crippen LogP contribution >= 0.6 is 22.6 Å². The van der Waals surface area contributed by atoms with Gasteiger partial charge in [0.05, 0.1) is 5.56 Å². The van der Waals surface area contributed by atoms with Crippen molar-refractivity contribution in [2.45, 2.75) is 19.9 Å². The number of halogens is 1. The van der Waals surface area contributed by atoms with Crippen LogP contribution in [0, 0.1) is 3.57 Å². The van der Waals surface area contributed by atoms with Crippen molar-refractivity contribution < 1.29 is 4.79 Å². The summed E-state index contributed by atoms with van der Waals surface area (Å²) in [5.74, 6) is 0.00663. The van der Waals surface area contributed by atoms with Crippen molar-refractivity contribution in [3.63, 3.8) is 0 Å². The first-order valence-electron chi connectivity index (χ1n) is 5.75. The average Bonchev–Trinajstić information content (AvgIpc) is 2.29. The topological polar surface area (TPSA) is 32.3 Å². The van der Waals surface area contributed by atoms with Crippen LogP contribution in [-0.2, 0) is 0 Å². The fourth-order valence-corrected chi connectivity index (χ4v) is 1.98. The van der Waals surface area contributed by atoms with E-state index < -0.39 is 0 Å². The molecule has 0 radical (unpaired) electrons. The van der Waals surface area contributed by atoms with Gasteiger partial charge in [0.15, 0.2) is 0 Å². The summed E-state index contributed by atoms with van der Waals surface area (Å²) in [5.41, 5.74) is 0.750. The van der Waals surface area contributed by atoms with E-state index in [0.29, 0.717) is 12.6 Å². The lowest BCUT2D eigenvalue weighted by molar-refractivity contribution is 0.0947. The summed E-state index contributed by atoms with van der Waals surface area (Å²) in [4.78, 5) is 14.1. The van der Waals surface area contributed by atoms with E-state index in [-0.39, 0.29) is 5.91 Å². The zero-order chi connectivity index (χ0) is 12.8. The Hall–Kier alpha value is -0.620. The number of hydrogen-bond acceptors (Lipinski definition) is 2. The fraction of sp³-hybridized carbons (Fsp3) is 0.462. The molecule has 0 aliphatic heterocycles. The molecular formula is C13H19IN2O. The SMILES string of the molecule is CC(C)N(C)CCNC(=O)c1ccccc1I. The molecule has 0 saturated heterocycles. The second-order valence-corrected chi connectivity index (χ2v) is 5.47. The molecule has 0 aromatic heterocycles. The number of carbonyl (C=O) groups excluding carboxylic acids is 1. The van der Waals surface area contributed by atoms with Gasteiger partial charge in [0, 0.05) is 22.7 Å². The van der Waals surface area contributed by atoms with Crippen LogP contribution in [0.15, 0.2) is 24.3 Å². The van der Waals surface area contributed by atoms with Crippen LogP contribution in [0.3, 0.4) is 0 Å². The van der Waals surface area contributed by atoms with Crippen molar-refractivity contribution in [1.82, 2.24) is 10.2 Å². The van der Waals surface area contributed by atoms with E-state index in [1.54, 1.807) is 0 Å². The van der Waals surface area contributed by atoms with Gasteiger partial charge >= 0.3 is 0 Å². The first-order chi connectivity index (χ1) is 8.02. The van der Waals surface area contributed by atoms with Gasteiger partial charge in [-0.15, -0.1) is 0 Å². The van der Waals surface area contributed by atoms with Crippen LogP contribution < -0.4 is 5.32 Å². The summed E-state index contributed by atoms with van der Waals surface area (Å²) in [6.07, 6.45) is 0. The highest BCUT2D eigenvalue weighted by Crippen LogP contribution is 2.10. The number of amides is 1. The normalized spacial score (nSPS) is 10.9. The summed E-state index contributed by atoms with van der Waals surface area (Å²) in [7, 11) is 2.06. The van der Waals surface area contributed by atoms with E-state index >= 15 is 0 Å². The molecule has 0 heterocycles. The van der Waals surface area contributed by atoms with E-state index in [2.05, 4.69) is 53.7 Å². The Kier molecular flexibility index (Phi) is 5.91. The molecule has 0 aliphatic rings. The molecule has 0 aliphatic carbocycles. The second-order valence-electron chi connectivity index (χ2n) is 4.31. The van der Waals surface area contributed by atoms with Crippen molar-refractivity contribution in [2.75, 3.05) is 20.1 Å². The molecule has 1 aromatic rings. The Morgan fingerprint density at radius 2 is 2.06 bits per heavy atom. The molecule has 1 aromatic carbocycles. The maximum absolute atomic E-state index is 11.9. The first kappa shape index (κ1) is 14.4. The summed E-state index contributed by atoms with van der Waals surface area (Å²) in [5, 5.41) is 2.94. The lowest BCUT2D eigenvalue weighted by Gasteiger charge is -2.20. The van der Waals surface area contributed by atoms with Gasteiger partial charge < -0.3 is 10.2 Å². The molecule has 3 nitrogen and oxygen atoms in total. The minimum absolute atomic E-state index is 0.00663. The Morgan fingerprint density at radius 1 is 1.41 bits per heavy atom. The van der Waals surface area contributed by atoms with Crippen LogP contribution in [0.5, 0.6) is 0 Å². The zero-order valence-electron chi connectivity index (χ0n) is 10.5. The van der Waals surface area contributed by atoms with Gasteiger partial charge in [0.2, 0.25) is 0 Å². The van der Waals surface area contributed by atoms with E-state index in [0.717, 1.165) is 15.7 Å². The number of benzene rings is 1. The number of carbonyl (C=O) groups is 1. The van der Waals surface area contributed by atoms with Crippen molar-refractivity contribution >= 4 is 28.5 Å². The molecule has 0 unspecified atom stereocenters. The molecular weight excluding hydrogens is 327 g/mol. The zero-order valence-corrected chi connectivity index (χ0v) is 12.7. The molecule has 0 bridgehead atoms. The van der Waals surface area contributed by atoms with E-state index in [1.807, 2.05) is 24.3 Å². The third kappa shape index (κ3) is 4.63. The molecule has 0 saturated carbocycles. The van der Waals surface area contributed by atoms with Crippen LogP contribution in [0.1, 0.15) is 24.2 Å². The van der Waals surface area contributed by atoms with Gasteiger partial charge in [-0.25, -0.2) is 0 Å². The molecule has 1 amide bonds. The van der Waals surface area contributed by atoms with Crippen molar-refractivity contribution in [2.24, 2.45) is 0 Å². The molecule has 1 N–H and O–H groups in total. The lowest BCUT2D eigenvalue weighted by atomic mass is 10.2. The molecule has 1 rings (SSSR count).